The first-order chi connectivity index (χ1) is 32.5. The molecular formula is C55H63ClN2O8. The van der Waals surface area contributed by atoms with Crippen molar-refractivity contribution in [2.24, 2.45) is 0 Å². The van der Waals surface area contributed by atoms with Crippen LogP contribution in [0.15, 0.2) is 133 Å². The molecule has 66 heavy (non-hydrogen) atoms. The molecule has 4 heterocycles. The van der Waals surface area contributed by atoms with Gasteiger partial charge in [-0.1, -0.05) is 133 Å². The fourth-order valence-corrected chi connectivity index (χ4v) is 9.93. The summed E-state index contributed by atoms with van der Waals surface area (Å²) in [6.07, 6.45) is 3.63. The van der Waals surface area contributed by atoms with Gasteiger partial charge < -0.3 is 43.0 Å². The third-order valence-electron chi connectivity index (χ3n) is 13.4. The van der Waals surface area contributed by atoms with E-state index in [0.717, 1.165) is 78.1 Å². The van der Waals surface area contributed by atoms with Gasteiger partial charge in [0.15, 0.2) is 0 Å². The summed E-state index contributed by atoms with van der Waals surface area (Å²) in [7, 11) is 0. The van der Waals surface area contributed by atoms with Crippen molar-refractivity contribution in [3.8, 4) is 5.75 Å². The zero-order valence-corrected chi connectivity index (χ0v) is 38.6. The summed E-state index contributed by atoms with van der Waals surface area (Å²) in [6, 6.07) is 45.1. The van der Waals surface area contributed by atoms with Gasteiger partial charge in [0.25, 0.3) is 0 Å². The van der Waals surface area contributed by atoms with Gasteiger partial charge in [0, 0.05) is 30.6 Å². The zero-order chi connectivity index (χ0) is 44.9. The topological polar surface area (TPSA) is 88.2 Å². The molecule has 5 aromatic rings. The SMILES string of the molecule is O=C(OC[C@H]1O[C@@H](c2ccc(Cl)c(Cc3ccc(O[C@@H]4CCOC4)cc3)c2)[C@H](OCc2ccccc2)[C@@H](OCc2ccccc2)[C@@H]1OCc1ccccc1)N1CCC(N2CCCCC2)CC1. The van der Waals surface area contributed by atoms with E-state index in [4.69, 9.17) is 44.8 Å². The molecular weight excluding hydrogens is 852 g/mol. The van der Waals surface area contributed by atoms with E-state index >= 15 is 0 Å². The molecule has 0 saturated carbocycles. The minimum atomic E-state index is -0.706. The first kappa shape index (κ1) is 46.3. The second-order valence-electron chi connectivity index (χ2n) is 18.0. The molecule has 0 aromatic heterocycles. The predicted molar refractivity (Wildman–Crippen MR) is 255 cm³/mol. The quantitative estimate of drug-likeness (QED) is 0.0905. The number of rotatable bonds is 17. The molecule has 4 aliphatic rings. The van der Waals surface area contributed by atoms with Crippen LogP contribution in [0.5, 0.6) is 5.75 Å². The monoisotopic (exact) mass is 914 g/mol. The Hall–Kier alpha value is -4.78. The minimum absolute atomic E-state index is 0.0285. The van der Waals surface area contributed by atoms with Crippen molar-refractivity contribution in [3.05, 3.63) is 172 Å². The second kappa shape index (κ2) is 23.3. The molecule has 9 rings (SSSR count). The Kier molecular flexibility index (Phi) is 16.4. The number of amides is 1. The maximum atomic E-state index is 13.9. The highest BCUT2D eigenvalue weighted by atomic mass is 35.5. The van der Waals surface area contributed by atoms with Gasteiger partial charge in [0.2, 0.25) is 0 Å². The Balaban J connectivity index is 1.01. The molecule has 4 fully saturated rings. The van der Waals surface area contributed by atoms with Crippen LogP contribution in [0.25, 0.3) is 0 Å². The van der Waals surface area contributed by atoms with Crippen molar-refractivity contribution in [2.75, 3.05) is 46.0 Å². The molecule has 4 aliphatic heterocycles. The second-order valence-corrected chi connectivity index (χ2v) is 18.5. The number of likely N-dealkylation sites (tertiary alicyclic amines) is 2. The fourth-order valence-electron chi connectivity index (χ4n) is 9.74. The summed E-state index contributed by atoms with van der Waals surface area (Å²) in [5.41, 5.74) is 5.95. The number of piperidine rings is 2. The molecule has 0 bridgehead atoms. The maximum absolute atomic E-state index is 13.9. The molecule has 0 N–H and O–H groups in total. The van der Waals surface area contributed by atoms with Gasteiger partial charge in [-0.2, -0.15) is 0 Å². The van der Waals surface area contributed by atoms with E-state index in [0.29, 0.717) is 57.0 Å². The van der Waals surface area contributed by atoms with E-state index in [1.54, 1.807) is 0 Å². The highest BCUT2D eigenvalue weighted by molar-refractivity contribution is 6.31. The molecule has 0 radical (unpaired) electrons. The molecule has 0 aliphatic carbocycles. The molecule has 1 amide bonds. The van der Waals surface area contributed by atoms with E-state index < -0.39 is 30.5 Å². The largest absolute Gasteiger partial charge is 0.488 e. The summed E-state index contributed by atoms with van der Waals surface area (Å²) in [5, 5.41) is 0.648. The number of carbonyl (C=O) groups is 1. The fraction of sp³-hybridized carbons (Fsp3) is 0.436. The summed E-state index contributed by atoms with van der Waals surface area (Å²) < 4.78 is 46.0. The third kappa shape index (κ3) is 12.4. The maximum Gasteiger partial charge on any atom is 0.409 e. The van der Waals surface area contributed by atoms with Crippen LogP contribution >= 0.6 is 11.6 Å². The van der Waals surface area contributed by atoms with Gasteiger partial charge in [-0.15, -0.1) is 0 Å². The van der Waals surface area contributed by atoms with Gasteiger partial charge in [-0.05, 0) is 96.8 Å². The number of hydrogen-bond acceptors (Lipinski definition) is 9. The summed E-state index contributed by atoms with van der Waals surface area (Å²) >= 11 is 7.00. The number of benzene rings is 5. The number of carbonyl (C=O) groups excluding carboxylic acids is 1. The number of hydrogen-bond donors (Lipinski definition) is 0. The lowest BCUT2D eigenvalue weighted by atomic mass is 9.89. The van der Waals surface area contributed by atoms with Gasteiger partial charge in [-0.3, -0.25) is 0 Å². The zero-order valence-electron chi connectivity index (χ0n) is 37.8. The number of halogens is 1. The van der Waals surface area contributed by atoms with Gasteiger partial charge in [0.1, 0.15) is 49.0 Å². The van der Waals surface area contributed by atoms with Crippen molar-refractivity contribution >= 4 is 17.7 Å². The predicted octanol–water partition coefficient (Wildman–Crippen LogP) is 10.4. The third-order valence-corrected chi connectivity index (χ3v) is 13.8. The molecule has 6 atom stereocenters. The lowest BCUT2D eigenvalue weighted by molar-refractivity contribution is -0.272. The Morgan fingerprint density at radius 1 is 0.636 bits per heavy atom. The lowest BCUT2D eigenvalue weighted by Crippen LogP contribution is -2.58. The molecule has 0 spiro atoms. The number of ether oxygens (including phenoxy) is 7. The smallest absolute Gasteiger partial charge is 0.409 e. The van der Waals surface area contributed by atoms with Crippen LogP contribution < -0.4 is 4.74 Å². The van der Waals surface area contributed by atoms with Crippen molar-refractivity contribution in [1.82, 2.24) is 9.80 Å². The van der Waals surface area contributed by atoms with Crippen LogP contribution in [-0.4, -0.2) is 98.5 Å². The summed E-state index contributed by atoms with van der Waals surface area (Å²) in [4.78, 5) is 18.4. The van der Waals surface area contributed by atoms with Crippen molar-refractivity contribution in [3.63, 3.8) is 0 Å². The van der Waals surface area contributed by atoms with E-state index in [1.807, 2.05) is 95.9 Å². The van der Waals surface area contributed by atoms with Crippen LogP contribution in [0.3, 0.4) is 0 Å². The average molecular weight is 916 g/mol. The Morgan fingerprint density at radius 2 is 1.24 bits per heavy atom. The molecule has 4 saturated heterocycles. The summed E-state index contributed by atoms with van der Waals surface area (Å²) in [6.45, 7) is 5.87. The standard InChI is InChI=1S/C55H63ClN2O8/c56-49-24-21-44(34-45(49)33-40-19-22-47(23-20-40)65-48-27-32-60-38-48)51-53(62-36-42-15-7-2-8-16-42)54(63-37-43-17-9-3-10-18-43)52(61-35-41-13-5-1-6-14-41)50(66-51)39-64-55(59)58-30-25-46(26-31-58)57-28-11-4-12-29-57/h1-3,5-10,13-24,34,46,48,50-54H,4,11-12,25-33,35-39H2/t48-,50-,51+,52-,53+,54+/m1/s1. The average Bonchev–Trinajstić information content (AvgIpc) is 3.89. The normalized spacial score (nSPS) is 24.0. The summed E-state index contributed by atoms with van der Waals surface area (Å²) in [5.74, 6) is 0.822. The first-order valence-electron chi connectivity index (χ1n) is 23.9. The highest BCUT2D eigenvalue weighted by Crippen LogP contribution is 2.40. The van der Waals surface area contributed by atoms with Crippen molar-refractivity contribution in [2.45, 2.75) is 107 Å². The molecule has 348 valence electrons. The van der Waals surface area contributed by atoms with Crippen LogP contribution in [0.4, 0.5) is 4.79 Å². The molecule has 0 unspecified atom stereocenters. The first-order valence-corrected chi connectivity index (χ1v) is 24.3. The van der Waals surface area contributed by atoms with Crippen LogP contribution in [0.2, 0.25) is 5.02 Å². The Labute approximate surface area is 395 Å². The van der Waals surface area contributed by atoms with E-state index in [-0.39, 0.29) is 18.8 Å². The molecule has 10 nitrogen and oxygen atoms in total. The van der Waals surface area contributed by atoms with Crippen LogP contribution in [0, 0.1) is 0 Å². The Bertz CT molecular complexity index is 2230. The number of nitrogens with zero attached hydrogens (tertiary/aromatic N) is 2. The van der Waals surface area contributed by atoms with Crippen LogP contribution in [0.1, 0.15) is 78.0 Å². The van der Waals surface area contributed by atoms with Crippen molar-refractivity contribution < 1.29 is 38.0 Å². The highest BCUT2D eigenvalue weighted by Gasteiger charge is 2.49. The Morgan fingerprint density at radius 3 is 1.85 bits per heavy atom. The van der Waals surface area contributed by atoms with Gasteiger partial charge >= 0.3 is 6.09 Å². The molecule has 11 heteroatoms. The lowest BCUT2D eigenvalue weighted by Gasteiger charge is -2.46. The van der Waals surface area contributed by atoms with E-state index in [9.17, 15) is 4.79 Å². The van der Waals surface area contributed by atoms with E-state index in [1.165, 1.54) is 19.3 Å². The minimum Gasteiger partial charge on any atom is -0.488 e. The molecule has 5 aromatic carbocycles. The van der Waals surface area contributed by atoms with Crippen LogP contribution in [-0.2, 0) is 54.7 Å². The van der Waals surface area contributed by atoms with E-state index in [2.05, 4.69) is 47.4 Å². The van der Waals surface area contributed by atoms with Crippen molar-refractivity contribution in [1.29, 1.82) is 0 Å². The van der Waals surface area contributed by atoms with Gasteiger partial charge in [-0.25, -0.2) is 4.79 Å². The van der Waals surface area contributed by atoms with Gasteiger partial charge in [0.05, 0.1) is 33.0 Å².